The van der Waals surface area contributed by atoms with Crippen molar-refractivity contribution >= 4 is 16.8 Å². The van der Waals surface area contributed by atoms with Crippen molar-refractivity contribution in [2.75, 3.05) is 6.61 Å². The molecule has 2 heterocycles. The van der Waals surface area contributed by atoms with Crippen LogP contribution < -0.4 is 15.5 Å². The molecule has 4 rings (SSSR count). The van der Waals surface area contributed by atoms with Crippen LogP contribution in [0.3, 0.4) is 0 Å². The summed E-state index contributed by atoms with van der Waals surface area (Å²) in [4.78, 5) is 25.0. The molecule has 0 unspecified atom stereocenters. The van der Waals surface area contributed by atoms with Gasteiger partial charge in [-0.15, -0.1) is 0 Å². The van der Waals surface area contributed by atoms with Crippen LogP contribution >= 0.6 is 0 Å². The van der Waals surface area contributed by atoms with Gasteiger partial charge in [-0.05, 0) is 18.2 Å². The number of H-pyrrole nitrogens is 1. The standard InChI is InChI=1S/C18H15N3O3/c22-17-12-6-1-3-7-14(12)20-21-16(17)18(23)19-13-9-10-24-15-8-4-2-5-11(13)15/h1-8,13H,9-10H2,(H,19,23)(H,20,22)/t13-/m1/s1. The van der Waals surface area contributed by atoms with Gasteiger partial charge in [0.1, 0.15) is 5.75 Å². The van der Waals surface area contributed by atoms with Gasteiger partial charge in [-0.1, -0.05) is 30.3 Å². The van der Waals surface area contributed by atoms with E-state index in [1.807, 2.05) is 24.3 Å². The lowest BCUT2D eigenvalue weighted by Crippen LogP contribution is -2.35. The first kappa shape index (κ1) is 14.4. The van der Waals surface area contributed by atoms with E-state index in [9.17, 15) is 9.59 Å². The number of fused-ring (bicyclic) bond motifs is 2. The van der Waals surface area contributed by atoms with Crippen LogP contribution in [-0.4, -0.2) is 22.7 Å². The molecule has 1 atom stereocenters. The van der Waals surface area contributed by atoms with Crippen molar-refractivity contribution in [3.8, 4) is 5.75 Å². The van der Waals surface area contributed by atoms with E-state index < -0.39 is 5.91 Å². The van der Waals surface area contributed by atoms with Gasteiger partial charge in [0.15, 0.2) is 5.69 Å². The summed E-state index contributed by atoms with van der Waals surface area (Å²) in [5.41, 5.74) is 1.02. The maximum absolute atomic E-state index is 12.6. The zero-order chi connectivity index (χ0) is 16.5. The van der Waals surface area contributed by atoms with Crippen LogP contribution in [0, 0.1) is 0 Å². The topological polar surface area (TPSA) is 84.1 Å². The van der Waals surface area contributed by atoms with Crippen molar-refractivity contribution in [3.63, 3.8) is 0 Å². The Morgan fingerprint density at radius 1 is 1.17 bits per heavy atom. The Morgan fingerprint density at radius 3 is 2.88 bits per heavy atom. The predicted octanol–water partition coefficient (Wildman–Crippen LogP) is 2.18. The van der Waals surface area contributed by atoms with Gasteiger partial charge in [0, 0.05) is 17.4 Å². The summed E-state index contributed by atoms with van der Waals surface area (Å²) in [7, 11) is 0. The molecular formula is C18H15N3O3. The number of carbonyl (C=O) groups excluding carboxylic acids is 1. The van der Waals surface area contributed by atoms with E-state index in [0.29, 0.717) is 23.9 Å². The van der Waals surface area contributed by atoms with Crippen molar-refractivity contribution in [2.24, 2.45) is 0 Å². The normalized spacial score (nSPS) is 16.2. The number of hydrogen-bond donors (Lipinski definition) is 2. The number of aromatic nitrogens is 2. The number of hydrogen-bond acceptors (Lipinski definition) is 4. The maximum Gasteiger partial charge on any atom is 0.276 e. The van der Waals surface area contributed by atoms with Crippen molar-refractivity contribution in [1.82, 2.24) is 15.5 Å². The molecule has 0 spiro atoms. The lowest BCUT2D eigenvalue weighted by atomic mass is 10.0. The second kappa shape index (κ2) is 5.81. The number of ether oxygens (including phenoxy) is 1. The summed E-state index contributed by atoms with van der Waals surface area (Å²) in [5.74, 6) is 0.276. The highest BCUT2D eigenvalue weighted by molar-refractivity contribution is 5.95. The zero-order valence-corrected chi connectivity index (χ0v) is 12.8. The van der Waals surface area contributed by atoms with Crippen LogP contribution in [0.4, 0.5) is 0 Å². The van der Waals surface area contributed by atoms with Crippen molar-refractivity contribution in [1.29, 1.82) is 0 Å². The van der Waals surface area contributed by atoms with Gasteiger partial charge in [-0.3, -0.25) is 14.7 Å². The third-order valence-electron chi connectivity index (χ3n) is 4.15. The van der Waals surface area contributed by atoms with E-state index >= 15 is 0 Å². The van der Waals surface area contributed by atoms with E-state index in [1.165, 1.54) is 0 Å². The minimum absolute atomic E-state index is 0.127. The number of benzene rings is 2. The quantitative estimate of drug-likeness (QED) is 0.758. The molecule has 3 aromatic rings. The summed E-state index contributed by atoms with van der Waals surface area (Å²) >= 11 is 0. The first-order valence-corrected chi connectivity index (χ1v) is 7.74. The van der Waals surface area contributed by atoms with Gasteiger partial charge in [-0.25, -0.2) is 0 Å². The summed E-state index contributed by atoms with van der Waals surface area (Å²) in [5, 5.41) is 10.1. The molecule has 1 amide bonds. The fourth-order valence-electron chi connectivity index (χ4n) is 2.95. The summed E-state index contributed by atoms with van der Waals surface area (Å²) in [6.45, 7) is 0.517. The summed E-state index contributed by atoms with van der Waals surface area (Å²) in [6, 6.07) is 14.4. The molecule has 0 aliphatic carbocycles. The Hall–Kier alpha value is -3.15. The van der Waals surface area contributed by atoms with Gasteiger partial charge in [0.05, 0.1) is 18.2 Å². The second-order valence-electron chi connectivity index (χ2n) is 5.65. The highest BCUT2D eigenvalue weighted by atomic mass is 16.5. The fourth-order valence-corrected chi connectivity index (χ4v) is 2.95. The molecule has 1 aliphatic heterocycles. The number of carbonyl (C=O) groups is 1. The average Bonchev–Trinajstić information content (AvgIpc) is 2.62. The molecule has 1 aromatic heterocycles. The minimum Gasteiger partial charge on any atom is -0.493 e. The Balaban J connectivity index is 1.66. The zero-order valence-electron chi connectivity index (χ0n) is 12.8. The molecule has 0 radical (unpaired) electrons. The van der Waals surface area contributed by atoms with Gasteiger partial charge < -0.3 is 10.1 Å². The van der Waals surface area contributed by atoms with Gasteiger partial charge in [-0.2, -0.15) is 5.10 Å². The maximum atomic E-state index is 12.6. The van der Waals surface area contributed by atoms with E-state index in [4.69, 9.17) is 4.74 Å². The van der Waals surface area contributed by atoms with Gasteiger partial charge in [0.2, 0.25) is 5.43 Å². The fraction of sp³-hybridized carbons (Fsp3) is 0.167. The SMILES string of the molecule is O=C(N[C@@H]1CCOc2ccccc21)c1n[nH]c2ccccc2c1=O. The number of amides is 1. The third kappa shape index (κ3) is 2.42. The first-order valence-electron chi connectivity index (χ1n) is 7.74. The molecule has 6 nitrogen and oxygen atoms in total. The Bertz CT molecular complexity index is 980. The highest BCUT2D eigenvalue weighted by Gasteiger charge is 2.25. The van der Waals surface area contributed by atoms with Crippen LogP contribution in [-0.2, 0) is 0 Å². The van der Waals surface area contributed by atoms with Crippen LogP contribution in [0.25, 0.3) is 10.9 Å². The van der Waals surface area contributed by atoms with E-state index in [-0.39, 0.29) is 17.2 Å². The molecule has 24 heavy (non-hydrogen) atoms. The number of nitrogens with one attached hydrogen (secondary N) is 2. The molecule has 2 aromatic carbocycles. The minimum atomic E-state index is -0.483. The Labute approximate surface area is 137 Å². The van der Waals surface area contributed by atoms with E-state index in [0.717, 1.165) is 11.3 Å². The third-order valence-corrected chi connectivity index (χ3v) is 4.15. The van der Waals surface area contributed by atoms with E-state index in [1.54, 1.807) is 24.3 Å². The molecule has 1 aliphatic rings. The first-order chi connectivity index (χ1) is 11.7. The lowest BCUT2D eigenvalue weighted by Gasteiger charge is -2.26. The summed E-state index contributed by atoms with van der Waals surface area (Å²) in [6.07, 6.45) is 0.647. The van der Waals surface area contributed by atoms with Crippen molar-refractivity contribution < 1.29 is 9.53 Å². The molecule has 120 valence electrons. The van der Waals surface area contributed by atoms with Crippen LogP contribution in [0.2, 0.25) is 0 Å². The second-order valence-corrected chi connectivity index (χ2v) is 5.65. The van der Waals surface area contributed by atoms with Crippen LogP contribution in [0.5, 0.6) is 5.75 Å². The molecule has 0 bridgehead atoms. The number of aromatic amines is 1. The van der Waals surface area contributed by atoms with Crippen LogP contribution in [0.15, 0.2) is 53.3 Å². The highest BCUT2D eigenvalue weighted by Crippen LogP contribution is 2.31. The molecular weight excluding hydrogens is 306 g/mol. The van der Waals surface area contributed by atoms with Gasteiger partial charge >= 0.3 is 0 Å². The average molecular weight is 321 g/mol. The smallest absolute Gasteiger partial charge is 0.276 e. The molecule has 6 heteroatoms. The van der Waals surface area contributed by atoms with E-state index in [2.05, 4.69) is 15.5 Å². The number of rotatable bonds is 2. The lowest BCUT2D eigenvalue weighted by molar-refractivity contribution is 0.0918. The van der Waals surface area contributed by atoms with Crippen LogP contribution in [0.1, 0.15) is 28.5 Å². The molecule has 2 N–H and O–H groups in total. The molecule has 0 fully saturated rings. The predicted molar refractivity (Wildman–Crippen MR) is 89.1 cm³/mol. The van der Waals surface area contributed by atoms with Gasteiger partial charge in [0.25, 0.3) is 5.91 Å². The molecule has 0 saturated heterocycles. The largest absolute Gasteiger partial charge is 0.493 e. The van der Waals surface area contributed by atoms with Crippen molar-refractivity contribution in [3.05, 3.63) is 70.0 Å². The summed E-state index contributed by atoms with van der Waals surface area (Å²) < 4.78 is 5.59. The Kier molecular flexibility index (Phi) is 3.49. The van der Waals surface area contributed by atoms with Crippen molar-refractivity contribution in [2.45, 2.75) is 12.5 Å². The number of para-hydroxylation sites is 2. The Morgan fingerprint density at radius 2 is 1.96 bits per heavy atom. The monoisotopic (exact) mass is 321 g/mol. The number of nitrogens with zero attached hydrogens (tertiary/aromatic N) is 1. The molecule has 0 saturated carbocycles.